The Balaban J connectivity index is 2.66. The molecule has 0 aliphatic carbocycles. The molecule has 0 radical (unpaired) electrons. The van der Waals surface area contributed by atoms with Crippen LogP contribution in [0, 0.1) is 0 Å². The Hall–Kier alpha value is -0.930. The highest BCUT2D eigenvalue weighted by atomic mass is 32.2. The minimum absolute atomic E-state index is 0.566. The minimum Gasteiger partial charge on any atom is -0.398 e. The molecule has 0 bridgehead atoms. The highest BCUT2D eigenvalue weighted by Crippen LogP contribution is 2.29. The van der Waals surface area contributed by atoms with Gasteiger partial charge in [0.1, 0.15) is 0 Å². The molecule has 0 saturated carbocycles. The number of nitrogens with two attached hydrogens (primary N) is 1. The lowest BCUT2D eigenvalue weighted by Gasteiger charge is -2.23. The van der Waals surface area contributed by atoms with Gasteiger partial charge in [-0.2, -0.15) is 0 Å². The van der Waals surface area contributed by atoms with Crippen molar-refractivity contribution in [1.29, 1.82) is 0 Å². The fraction of sp³-hybridized carbons (Fsp3) is 0.333. The summed E-state index contributed by atoms with van der Waals surface area (Å²) in [6.45, 7) is 7.36. The molecule has 0 heterocycles. The monoisotopic (exact) mass is 223 g/mol. The second kappa shape index (κ2) is 4.73. The van der Waals surface area contributed by atoms with Crippen molar-refractivity contribution in [2.45, 2.75) is 24.3 Å². The van der Waals surface area contributed by atoms with Gasteiger partial charge in [0.2, 0.25) is 0 Å². The molecule has 3 heteroatoms. The number of benzene rings is 1. The molecule has 0 fully saturated rings. The molecule has 0 aromatic heterocycles. The average molecular weight is 223 g/mol. The van der Waals surface area contributed by atoms with E-state index < -0.39 is 5.60 Å². The molecule has 1 aromatic carbocycles. The zero-order chi connectivity index (χ0) is 11.5. The number of para-hydroxylation sites is 1. The molecule has 82 valence electrons. The molecule has 15 heavy (non-hydrogen) atoms. The largest absolute Gasteiger partial charge is 0.398 e. The smallest absolute Gasteiger partial charge is 0.0916 e. The summed E-state index contributed by atoms with van der Waals surface area (Å²) < 4.78 is 0. The van der Waals surface area contributed by atoms with Gasteiger partial charge in [-0.15, -0.1) is 11.8 Å². The van der Waals surface area contributed by atoms with Gasteiger partial charge in [0, 0.05) is 16.3 Å². The van der Waals surface area contributed by atoms with E-state index in [4.69, 9.17) is 5.73 Å². The zero-order valence-electron chi connectivity index (χ0n) is 9.16. The Bertz CT molecular complexity index is 360. The van der Waals surface area contributed by atoms with Crippen molar-refractivity contribution in [1.82, 2.24) is 0 Å². The maximum atomic E-state index is 9.98. The van der Waals surface area contributed by atoms with Gasteiger partial charge in [-0.1, -0.05) is 18.7 Å². The SMILES string of the molecule is C=C(C)C(C)(O)CSc1ccccc1N. The summed E-state index contributed by atoms with van der Waals surface area (Å²) in [6.07, 6.45) is 0. The number of thioether (sulfide) groups is 1. The van der Waals surface area contributed by atoms with Crippen molar-refractivity contribution in [3.05, 3.63) is 36.4 Å². The molecule has 2 nitrogen and oxygen atoms in total. The summed E-state index contributed by atoms with van der Waals surface area (Å²) in [5.41, 5.74) is 6.48. The van der Waals surface area contributed by atoms with Crippen LogP contribution in [-0.4, -0.2) is 16.5 Å². The molecule has 1 atom stereocenters. The van der Waals surface area contributed by atoms with Crippen LogP contribution in [0.5, 0.6) is 0 Å². The molecule has 0 spiro atoms. The van der Waals surface area contributed by atoms with Crippen LogP contribution in [0.3, 0.4) is 0 Å². The van der Waals surface area contributed by atoms with E-state index in [2.05, 4.69) is 6.58 Å². The Morgan fingerprint density at radius 3 is 2.67 bits per heavy atom. The van der Waals surface area contributed by atoms with E-state index >= 15 is 0 Å². The van der Waals surface area contributed by atoms with Crippen molar-refractivity contribution in [3.8, 4) is 0 Å². The van der Waals surface area contributed by atoms with Gasteiger partial charge in [0.15, 0.2) is 0 Å². The third-order valence-electron chi connectivity index (χ3n) is 2.35. The van der Waals surface area contributed by atoms with Gasteiger partial charge in [0.25, 0.3) is 0 Å². The van der Waals surface area contributed by atoms with Gasteiger partial charge in [-0.05, 0) is 31.6 Å². The first-order valence-electron chi connectivity index (χ1n) is 4.79. The Morgan fingerprint density at radius 2 is 2.13 bits per heavy atom. The number of anilines is 1. The Kier molecular flexibility index (Phi) is 3.83. The van der Waals surface area contributed by atoms with Crippen LogP contribution < -0.4 is 5.73 Å². The van der Waals surface area contributed by atoms with Crippen LogP contribution in [-0.2, 0) is 0 Å². The average Bonchev–Trinajstić information content (AvgIpc) is 2.16. The number of aliphatic hydroxyl groups is 1. The third-order valence-corrected chi connectivity index (χ3v) is 3.74. The predicted octanol–water partition coefficient (Wildman–Crippen LogP) is 2.69. The van der Waals surface area contributed by atoms with E-state index in [-0.39, 0.29) is 0 Å². The number of hydrogen-bond donors (Lipinski definition) is 2. The first kappa shape index (κ1) is 12.1. The highest BCUT2D eigenvalue weighted by Gasteiger charge is 2.21. The van der Waals surface area contributed by atoms with Crippen LogP contribution in [0.1, 0.15) is 13.8 Å². The fourth-order valence-corrected chi connectivity index (χ4v) is 2.05. The predicted molar refractivity (Wildman–Crippen MR) is 67.0 cm³/mol. The van der Waals surface area contributed by atoms with Crippen LogP contribution >= 0.6 is 11.8 Å². The molecule has 1 rings (SSSR count). The normalized spacial score (nSPS) is 14.6. The van der Waals surface area contributed by atoms with Crippen LogP contribution in [0.15, 0.2) is 41.3 Å². The second-order valence-corrected chi connectivity index (χ2v) is 4.90. The topological polar surface area (TPSA) is 46.2 Å². The fourth-order valence-electron chi connectivity index (χ4n) is 0.953. The van der Waals surface area contributed by atoms with Crippen molar-refractivity contribution in [2.24, 2.45) is 0 Å². The van der Waals surface area contributed by atoms with E-state index in [0.29, 0.717) is 5.75 Å². The number of nitrogen functional groups attached to an aromatic ring is 1. The Morgan fingerprint density at radius 1 is 1.53 bits per heavy atom. The molecule has 1 aromatic rings. The highest BCUT2D eigenvalue weighted by molar-refractivity contribution is 7.99. The molecule has 1 unspecified atom stereocenters. The first-order valence-corrected chi connectivity index (χ1v) is 5.78. The third kappa shape index (κ3) is 3.29. The number of hydrogen-bond acceptors (Lipinski definition) is 3. The molecular formula is C12H17NOS. The van der Waals surface area contributed by atoms with Crippen LogP contribution in [0.25, 0.3) is 0 Å². The molecule has 0 amide bonds. The van der Waals surface area contributed by atoms with E-state index in [1.807, 2.05) is 31.2 Å². The van der Waals surface area contributed by atoms with E-state index in [1.54, 1.807) is 18.7 Å². The quantitative estimate of drug-likeness (QED) is 0.468. The first-order chi connectivity index (χ1) is 6.93. The van der Waals surface area contributed by atoms with Crippen molar-refractivity contribution >= 4 is 17.4 Å². The summed E-state index contributed by atoms with van der Waals surface area (Å²) in [5, 5.41) is 9.98. The standard InChI is InChI=1S/C12H17NOS/c1-9(2)12(3,14)8-15-11-7-5-4-6-10(11)13/h4-7,14H,1,8,13H2,2-3H3. The molecule has 3 N–H and O–H groups in total. The lowest BCUT2D eigenvalue weighted by Crippen LogP contribution is -2.28. The van der Waals surface area contributed by atoms with E-state index in [1.165, 1.54) is 0 Å². The van der Waals surface area contributed by atoms with Crippen molar-refractivity contribution in [3.63, 3.8) is 0 Å². The van der Waals surface area contributed by atoms with Crippen molar-refractivity contribution < 1.29 is 5.11 Å². The minimum atomic E-state index is -0.840. The molecule has 0 saturated heterocycles. The zero-order valence-corrected chi connectivity index (χ0v) is 9.97. The van der Waals surface area contributed by atoms with Gasteiger partial charge < -0.3 is 10.8 Å². The molecule has 0 aliphatic heterocycles. The van der Waals surface area contributed by atoms with Crippen LogP contribution in [0.4, 0.5) is 5.69 Å². The van der Waals surface area contributed by atoms with Gasteiger partial charge in [0.05, 0.1) is 5.60 Å². The number of rotatable bonds is 4. The molecule has 0 aliphatic rings. The summed E-state index contributed by atoms with van der Waals surface area (Å²) in [6, 6.07) is 7.65. The van der Waals surface area contributed by atoms with E-state index in [9.17, 15) is 5.11 Å². The second-order valence-electron chi connectivity index (χ2n) is 3.88. The summed E-state index contributed by atoms with van der Waals surface area (Å²) in [7, 11) is 0. The summed E-state index contributed by atoms with van der Waals surface area (Å²) in [4.78, 5) is 0.999. The van der Waals surface area contributed by atoms with E-state index in [0.717, 1.165) is 16.2 Å². The summed E-state index contributed by atoms with van der Waals surface area (Å²) >= 11 is 1.55. The van der Waals surface area contributed by atoms with Gasteiger partial charge in [-0.3, -0.25) is 0 Å². The van der Waals surface area contributed by atoms with Gasteiger partial charge >= 0.3 is 0 Å². The molecular weight excluding hydrogens is 206 g/mol. The Labute approximate surface area is 95.2 Å². The van der Waals surface area contributed by atoms with Crippen molar-refractivity contribution in [2.75, 3.05) is 11.5 Å². The lowest BCUT2D eigenvalue weighted by atomic mass is 10.0. The lowest BCUT2D eigenvalue weighted by molar-refractivity contribution is 0.125. The maximum Gasteiger partial charge on any atom is 0.0916 e. The van der Waals surface area contributed by atoms with Gasteiger partial charge in [-0.25, -0.2) is 0 Å². The van der Waals surface area contributed by atoms with Crippen LogP contribution in [0.2, 0.25) is 0 Å². The summed E-state index contributed by atoms with van der Waals surface area (Å²) in [5.74, 6) is 0.566. The maximum absolute atomic E-state index is 9.98.